The second kappa shape index (κ2) is 10.1. The van der Waals surface area contributed by atoms with Crippen LogP contribution in [0.15, 0.2) is 24.3 Å². The topological polar surface area (TPSA) is 17.1 Å². The molecule has 2 bridgehead atoms. The number of hydrogen-bond donors (Lipinski definition) is 0. The molecule has 0 amide bonds. The Morgan fingerprint density at radius 3 is 1.65 bits per heavy atom. The van der Waals surface area contributed by atoms with Crippen molar-refractivity contribution in [3.05, 3.63) is 35.4 Å². The molecule has 5 heteroatoms. The molecule has 110 valence electrons. The zero-order valence-electron chi connectivity index (χ0n) is 11.5. The van der Waals surface area contributed by atoms with Gasteiger partial charge < -0.3 is 0 Å². The van der Waals surface area contributed by atoms with Crippen molar-refractivity contribution in [2.75, 3.05) is 34.5 Å². The van der Waals surface area contributed by atoms with Gasteiger partial charge in [0.2, 0.25) is 0 Å². The number of carbonyl (C=O) groups excluding carboxylic acids is 1. The Bertz CT molecular complexity index is 389. The fourth-order valence-electron chi connectivity index (χ4n) is 1.84. The molecule has 0 saturated heterocycles. The molecule has 2 rings (SSSR count). The molecule has 0 spiro atoms. The Kier molecular flexibility index (Phi) is 8.40. The van der Waals surface area contributed by atoms with Crippen molar-refractivity contribution in [3.8, 4) is 0 Å². The summed E-state index contributed by atoms with van der Waals surface area (Å²) in [5.41, 5.74) is 2.85. The maximum absolute atomic E-state index is 11.7. The second-order valence-electron chi connectivity index (χ2n) is 4.57. The standard InChI is InChI=1S/C15H20OS4/c16-15-11-19-6-4-17-9-13-2-1-3-14(8-13)10-18-5-7-20-12-15/h1-3,8H,4-7,9-12H2. The molecule has 20 heavy (non-hydrogen) atoms. The van der Waals surface area contributed by atoms with Gasteiger partial charge in [-0.2, -0.15) is 47.0 Å². The Morgan fingerprint density at radius 2 is 1.15 bits per heavy atom. The Labute approximate surface area is 138 Å². The molecular weight excluding hydrogens is 324 g/mol. The fourth-order valence-corrected chi connectivity index (χ4v) is 5.92. The molecule has 1 aliphatic rings. The summed E-state index contributed by atoms with van der Waals surface area (Å²) in [7, 11) is 0. The van der Waals surface area contributed by atoms with E-state index in [1.165, 1.54) is 11.1 Å². The lowest BCUT2D eigenvalue weighted by Crippen LogP contribution is -2.06. The van der Waals surface area contributed by atoms with E-state index in [0.717, 1.165) is 34.5 Å². The van der Waals surface area contributed by atoms with Crippen LogP contribution in [-0.4, -0.2) is 40.3 Å². The average Bonchev–Trinajstić information content (AvgIpc) is 2.46. The fraction of sp³-hybridized carbons (Fsp3) is 0.533. The first kappa shape index (κ1) is 16.7. The third-order valence-electron chi connectivity index (χ3n) is 2.80. The number of carbonyl (C=O) groups is 1. The molecule has 1 aliphatic heterocycles. The van der Waals surface area contributed by atoms with Gasteiger partial charge in [0.05, 0.1) is 11.5 Å². The summed E-state index contributed by atoms with van der Waals surface area (Å²) >= 11 is 7.50. The van der Waals surface area contributed by atoms with E-state index >= 15 is 0 Å². The first-order valence-corrected chi connectivity index (χ1v) is 11.4. The number of benzene rings is 1. The molecule has 0 fully saturated rings. The molecule has 1 aromatic rings. The van der Waals surface area contributed by atoms with Gasteiger partial charge in [-0.3, -0.25) is 4.79 Å². The SMILES string of the molecule is O=C1CSCCSCc2cccc(c2)CSCCSC1. The highest BCUT2D eigenvalue weighted by Crippen LogP contribution is 2.20. The predicted molar refractivity (Wildman–Crippen MR) is 98.4 cm³/mol. The van der Waals surface area contributed by atoms with Crippen LogP contribution in [-0.2, 0) is 16.3 Å². The molecular formula is C15H20OS4. The highest BCUT2D eigenvalue weighted by Gasteiger charge is 2.04. The van der Waals surface area contributed by atoms with E-state index in [0.29, 0.717) is 17.3 Å². The lowest BCUT2D eigenvalue weighted by molar-refractivity contribution is -0.114. The maximum Gasteiger partial charge on any atom is 0.152 e. The van der Waals surface area contributed by atoms with E-state index in [9.17, 15) is 4.79 Å². The van der Waals surface area contributed by atoms with Crippen molar-refractivity contribution in [2.45, 2.75) is 11.5 Å². The molecule has 0 unspecified atom stereocenters. The van der Waals surface area contributed by atoms with Crippen LogP contribution >= 0.6 is 47.0 Å². The molecule has 0 radical (unpaired) electrons. The number of ketones is 1. The van der Waals surface area contributed by atoms with Crippen LogP contribution in [0.3, 0.4) is 0 Å². The van der Waals surface area contributed by atoms with Crippen LogP contribution in [0.2, 0.25) is 0 Å². The van der Waals surface area contributed by atoms with Crippen molar-refractivity contribution in [1.29, 1.82) is 0 Å². The lowest BCUT2D eigenvalue weighted by atomic mass is 10.2. The molecule has 1 heterocycles. The molecule has 1 nitrogen and oxygen atoms in total. The molecule has 0 aliphatic carbocycles. The van der Waals surface area contributed by atoms with Crippen LogP contribution in [0.1, 0.15) is 11.1 Å². The number of hydrogen-bond acceptors (Lipinski definition) is 5. The van der Waals surface area contributed by atoms with Crippen LogP contribution in [0.5, 0.6) is 0 Å². The van der Waals surface area contributed by atoms with Gasteiger partial charge in [0.25, 0.3) is 0 Å². The summed E-state index contributed by atoms with van der Waals surface area (Å²) in [6, 6.07) is 8.96. The van der Waals surface area contributed by atoms with Crippen LogP contribution < -0.4 is 0 Å². The maximum atomic E-state index is 11.7. The summed E-state index contributed by atoms with van der Waals surface area (Å²) < 4.78 is 0. The number of fused-ring (bicyclic) bond motifs is 2. The van der Waals surface area contributed by atoms with Crippen molar-refractivity contribution in [1.82, 2.24) is 0 Å². The van der Waals surface area contributed by atoms with E-state index < -0.39 is 0 Å². The summed E-state index contributed by atoms with van der Waals surface area (Å²) in [6.07, 6.45) is 0. The van der Waals surface area contributed by atoms with E-state index in [-0.39, 0.29) is 0 Å². The van der Waals surface area contributed by atoms with Crippen LogP contribution in [0.4, 0.5) is 0 Å². The second-order valence-corrected chi connectivity index (χ2v) is 8.99. The van der Waals surface area contributed by atoms with E-state index in [2.05, 4.69) is 24.3 Å². The van der Waals surface area contributed by atoms with Crippen LogP contribution in [0.25, 0.3) is 0 Å². The zero-order valence-corrected chi connectivity index (χ0v) is 14.8. The van der Waals surface area contributed by atoms with Gasteiger partial charge in [-0.1, -0.05) is 24.3 Å². The molecule has 0 aromatic heterocycles. The molecule has 0 saturated carbocycles. The van der Waals surface area contributed by atoms with Gasteiger partial charge in [-0.05, 0) is 11.1 Å². The Morgan fingerprint density at radius 1 is 0.700 bits per heavy atom. The minimum absolute atomic E-state index is 0.396. The summed E-state index contributed by atoms with van der Waals surface area (Å²) in [4.78, 5) is 11.7. The van der Waals surface area contributed by atoms with Crippen molar-refractivity contribution in [2.24, 2.45) is 0 Å². The van der Waals surface area contributed by atoms with E-state index in [4.69, 9.17) is 0 Å². The number of rotatable bonds is 0. The van der Waals surface area contributed by atoms with Crippen LogP contribution in [0, 0.1) is 0 Å². The lowest BCUT2D eigenvalue weighted by Gasteiger charge is -2.07. The van der Waals surface area contributed by atoms with Gasteiger partial charge in [0.15, 0.2) is 5.78 Å². The molecule has 1 aromatic carbocycles. The molecule has 0 atom stereocenters. The monoisotopic (exact) mass is 344 g/mol. The third-order valence-corrected chi connectivity index (χ3v) is 7.41. The van der Waals surface area contributed by atoms with Crippen molar-refractivity contribution in [3.63, 3.8) is 0 Å². The van der Waals surface area contributed by atoms with Gasteiger partial charge in [0, 0.05) is 34.5 Å². The quantitative estimate of drug-likeness (QED) is 0.699. The van der Waals surface area contributed by atoms with Crippen molar-refractivity contribution >= 4 is 52.8 Å². The van der Waals surface area contributed by atoms with E-state index in [1.54, 1.807) is 23.5 Å². The smallest absolute Gasteiger partial charge is 0.152 e. The minimum Gasteiger partial charge on any atom is -0.298 e. The number of Topliss-reactive ketones (excluding diaryl/α,β-unsaturated/α-hetero) is 1. The average molecular weight is 345 g/mol. The molecule has 0 N–H and O–H groups in total. The highest BCUT2D eigenvalue weighted by molar-refractivity contribution is 8.04. The zero-order chi connectivity index (χ0) is 14.0. The minimum atomic E-state index is 0.396. The first-order chi connectivity index (χ1) is 9.84. The third kappa shape index (κ3) is 6.83. The first-order valence-electron chi connectivity index (χ1n) is 6.75. The van der Waals surface area contributed by atoms with E-state index in [1.807, 2.05) is 23.5 Å². The van der Waals surface area contributed by atoms with Crippen molar-refractivity contribution < 1.29 is 4.79 Å². The largest absolute Gasteiger partial charge is 0.298 e. The van der Waals surface area contributed by atoms with Gasteiger partial charge in [-0.25, -0.2) is 0 Å². The summed E-state index contributed by atoms with van der Waals surface area (Å²) in [5.74, 6) is 8.37. The van der Waals surface area contributed by atoms with Gasteiger partial charge in [-0.15, -0.1) is 0 Å². The van der Waals surface area contributed by atoms with Gasteiger partial charge in [0.1, 0.15) is 0 Å². The highest BCUT2D eigenvalue weighted by atomic mass is 32.2. The van der Waals surface area contributed by atoms with Gasteiger partial charge >= 0.3 is 0 Å². The summed E-state index contributed by atoms with van der Waals surface area (Å²) in [6.45, 7) is 0. The Balaban J connectivity index is 1.87. The number of thioether (sulfide) groups is 4. The summed E-state index contributed by atoms with van der Waals surface area (Å²) in [5, 5.41) is 0. The normalized spacial score (nSPS) is 19.7. The predicted octanol–water partition coefficient (Wildman–Crippen LogP) is 4.20. The Hall–Kier alpha value is 0.290.